The molecule has 1 aliphatic rings. The molecule has 1 aromatic carbocycles. The quantitative estimate of drug-likeness (QED) is 0.804. The molecule has 0 unspecified atom stereocenters. The van der Waals surface area contributed by atoms with Gasteiger partial charge in [0.1, 0.15) is 9.84 Å². The molecule has 112 valence electrons. The molecule has 0 aliphatic carbocycles. The molecule has 0 saturated heterocycles. The van der Waals surface area contributed by atoms with Gasteiger partial charge in [0.25, 0.3) is 0 Å². The number of benzene rings is 1. The summed E-state index contributed by atoms with van der Waals surface area (Å²) in [5.74, 6) is -0.810. The second-order valence-corrected chi connectivity index (χ2v) is 9.06. The molecule has 6 nitrogen and oxygen atoms in total. The average molecular weight is 318 g/mol. The Hall–Kier alpha value is -1.12. The molecule has 1 heterocycles. The number of nitrogens with one attached hydrogen (secondary N) is 2. The number of anilines is 1. The molecule has 8 heteroatoms. The Balaban J connectivity index is 2.09. The summed E-state index contributed by atoms with van der Waals surface area (Å²) < 4.78 is 48.1. The van der Waals surface area contributed by atoms with Crippen LogP contribution in [0.25, 0.3) is 0 Å². The molecule has 2 N–H and O–H groups in total. The Bertz CT molecular complexity index is 696. The summed E-state index contributed by atoms with van der Waals surface area (Å²) in [7, 11) is -6.94. The second kappa shape index (κ2) is 5.71. The first-order valence-electron chi connectivity index (χ1n) is 6.26. The summed E-state index contributed by atoms with van der Waals surface area (Å²) in [5, 5.41) is 3.22. The minimum absolute atomic E-state index is 0.380. The predicted octanol–water partition coefficient (Wildman–Crippen LogP) is 0.119. The van der Waals surface area contributed by atoms with Crippen LogP contribution in [0.2, 0.25) is 0 Å². The van der Waals surface area contributed by atoms with Gasteiger partial charge >= 0.3 is 0 Å². The van der Waals surface area contributed by atoms with E-state index in [4.69, 9.17) is 0 Å². The monoisotopic (exact) mass is 318 g/mol. The van der Waals surface area contributed by atoms with Gasteiger partial charge in [0, 0.05) is 18.5 Å². The third-order valence-corrected chi connectivity index (χ3v) is 5.58. The number of rotatable bonds is 5. The van der Waals surface area contributed by atoms with Crippen LogP contribution in [-0.2, 0) is 32.8 Å². The molecule has 2 rings (SSSR count). The van der Waals surface area contributed by atoms with Gasteiger partial charge in [0.05, 0.1) is 11.5 Å². The van der Waals surface area contributed by atoms with Crippen molar-refractivity contribution in [2.24, 2.45) is 0 Å². The molecule has 0 atom stereocenters. The van der Waals surface area contributed by atoms with E-state index in [9.17, 15) is 16.8 Å². The fourth-order valence-corrected chi connectivity index (χ4v) is 4.71. The summed E-state index contributed by atoms with van der Waals surface area (Å²) >= 11 is 0. The van der Waals surface area contributed by atoms with Gasteiger partial charge in [-0.25, -0.2) is 16.8 Å². The molecular weight excluding hydrogens is 300 g/mol. The Morgan fingerprint density at radius 3 is 2.60 bits per heavy atom. The van der Waals surface area contributed by atoms with Crippen molar-refractivity contribution in [3.63, 3.8) is 0 Å². The minimum atomic E-state index is -3.64. The van der Waals surface area contributed by atoms with Crippen LogP contribution in [0.1, 0.15) is 11.1 Å². The SMILES string of the molecule is CS(=O)(=O)CCS(=O)(=O)Nc1ccc2c(c1)CNCC2. The van der Waals surface area contributed by atoms with Gasteiger partial charge in [0.15, 0.2) is 0 Å². The molecule has 0 bridgehead atoms. The number of hydrogen-bond acceptors (Lipinski definition) is 5. The van der Waals surface area contributed by atoms with Crippen molar-refractivity contribution in [2.75, 3.05) is 29.0 Å². The van der Waals surface area contributed by atoms with Crippen molar-refractivity contribution in [2.45, 2.75) is 13.0 Å². The summed E-state index contributed by atoms with van der Waals surface area (Å²) in [5.41, 5.74) is 2.75. The van der Waals surface area contributed by atoms with Gasteiger partial charge in [0.2, 0.25) is 10.0 Å². The van der Waals surface area contributed by atoms with Crippen molar-refractivity contribution in [3.05, 3.63) is 29.3 Å². The molecular formula is C12H18N2O4S2. The maximum atomic E-state index is 11.8. The molecule has 1 aliphatic heterocycles. The molecule has 0 radical (unpaired) electrons. The largest absolute Gasteiger partial charge is 0.312 e. The summed E-state index contributed by atoms with van der Waals surface area (Å²) in [6.45, 7) is 1.64. The highest BCUT2D eigenvalue weighted by Crippen LogP contribution is 2.19. The van der Waals surface area contributed by atoms with Gasteiger partial charge in [-0.1, -0.05) is 6.07 Å². The van der Waals surface area contributed by atoms with Crippen molar-refractivity contribution < 1.29 is 16.8 Å². The summed E-state index contributed by atoms with van der Waals surface area (Å²) in [4.78, 5) is 0. The predicted molar refractivity (Wildman–Crippen MR) is 79.0 cm³/mol. The van der Waals surface area contributed by atoms with E-state index in [1.54, 1.807) is 12.1 Å². The van der Waals surface area contributed by atoms with E-state index in [1.807, 2.05) is 6.07 Å². The smallest absolute Gasteiger partial charge is 0.233 e. The van der Waals surface area contributed by atoms with Crippen LogP contribution in [0.5, 0.6) is 0 Å². The fourth-order valence-electron chi connectivity index (χ4n) is 2.04. The zero-order valence-electron chi connectivity index (χ0n) is 11.2. The zero-order chi connectivity index (χ0) is 14.8. The molecule has 0 amide bonds. The van der Waals surface area contributed by atoms with E-state index in [1.165, 1.54) is 5.56 Å². The molecule has 20 heavy (non-hydrogen) atoms. The molecule has 0 aromatic heterocycles. The standard InChI is InChI=1S/C12H18N2O4S2/c1-19(15,16)6-7-20(17,18)14-12-3-2-10-4-5-13-9-11(10)8-12/h2-3,8,13-14H,4-7,9H2,1H3. The number of sulfonamides is 1. The highest BCUT2D eigenvalue weighted by atomic mass is 32.2. The van der Waals surface area contributed by atoms with E-state index >= 15 is 0 Å². The molecule has 1 aromatic rings. The zero-order valence-corrected chi connectivity index (χ0v) is 12.9. The van der Waals surface area contributed by atoms with E-state index < -0.39 is 25.6 Å². The minimum Gasteiger partial charge on any atom is -0.312 e. The van der Waals surface area contributed by atoms with E-state index in [2.05, 4.69) is 10.0 Å². The molecule has 0 spiro atoms. The van der Waals surface area contributed by atoms with Gasteiger partial charge in [-0.05, 0) is 36.2 Å². The van der Waals surface area contributed by atoms with E-state index in [0.29, 0.717) is 12.2 Å². The highest BCUT2D eigenvalue weighted by Gasteiger charge is 2.16. The maximum Gasteiger partial charge on any atom is 0.233 e. The van der Waals surface area contributed by atoms with Crippen LogP contribution in [-0.4, -0.2) is 41.1 Å². The lowest BCUT2D eigenvalue weighted by molar-refractivity contribution is 0.593. The Morgan fingerprint density at radius 2 is 1.90 bits per heavy atom. The van der Waals surface area contributed by atoms with Crippen molar-refractivity contribution in [1.82, 2.24) is 5.32 Å². The van der Waals surface area contributed by atoms with Crippen LogP contribution in [0.15, 0.2) is 18.2 Å². The number of fused-ring (bicyclic) bond motifs is 1. The fraction of sp³-hybridized carbons (Fsp3) is 0.500. The van der Waals surface area contributed by atoms with Gasteiger partial charge < -0.3 is 5.32 Å². The second-order valence-electron chi connectivity index (χ2n) is 4.96. The molecule has 0 fully saturated rings. The first kappa shape index (κ1) is 15.3. The van der Waals surface area contributed by atoms with Crippen molar-refractivity contribution >= 4 is 25.5 Å². The first-order chi connectivity index (χ1) is 9.25. The van der Waals surface area contributed by atoms with Crippen LogP contribution < -0.4 is 10.0 Å². The van der Waals surface area contributed by atoms with Crippen LogP contribution in [0.4, 0.5) is 5.69 Å². The third kappa shape index (κ3) is 4.46. The average Bonchev–Trinajstić information content (AvgIpc) is 2.35. The van der Waals surface area contributed by atoms with Crippen molar-refractivity contribution in [1.29, 1.82) is 0 Å². The van der Waals surface area contributed by atoms with Crippen LogP contribution >= 0.6 is 0 Å². The van der Waals surface area contributed by atoms with Gasteiger partial charge in [-0.3, -0.25) is 4.72 Å². The van der Waals surface area contributed by atoms with Crippen molar-refractivity contribution in [3.8, 4) is 0 Å². The Kier molecular flexibility index (Phi) is 4.36. The topological polar surface area (TPSA) is 92.3 Å². The first-order valence-corrected chi connectivity index (χ1v) is 9.97. The Labute approximate surface area is 119 Å². The van der Waals surface area contributed by atoms with Gasteiger partial charge in [-0.2, -0.15) is 0 Å². The van der Waals surface area contributed by atoms with Crippen LogP contribution in [0.3, 0.4) is 0 Å². The third-order valence-electron chi connectivity index (χ3n) is 3.09. The summed E-state index contributed by atoms with van der Waals surface area (Å²) in [6.07, 6.45) is 1.95. The number of hydrogen-bond donors (Lipinski definition) is 2. The highest BCUT2D eigenvalue weighted by molar-refractivity contribution is 7.95. The maximum absolute atomic E-state index is 11.8. The Morgan fingerprint density at radius 1 is 1.15 bits per heavy atom. The molecule has 0 saturated carbocycles. The van der Waals surface area contributed by atoms with E-state index in [0.717, 1.165) is 24.8 Å². The van der Waals surface area contributed by atoms with Gasteiger partial charge in [-0.15, -0.1) is 0 Å². The van der Waals surface area contributed by atoms with Crippen LogP contribution in [0, 0.1) is 0 Å². The van der Waals surface area contributed by atoms with E-state index in [-0.39, 0.29) is 5.75 Å². The lowest BCUT2D eigenvalue weighted by Gasteiger charge is -2.18. The summed E-state index contributed by atoms with van der Waals surface area (Å²) in [6, 6.07) is 5.41. The lowest BCUT2D eigenvalue weighted by atomic mass is 10.0. The lowest BCUT2D eigenvalue weighted by Crippen LogP contribution is -2.25. The number of sulfone groups is 1. The normalized spacial score (nSPS) is 15.7.